The summed E-state index contributed by atoms with van der Waals surface area (Å²) in [7, 11) is 0. The SMILES string of the molecule is O=C(O)c1ccccc1OCCn1cnc2c1NC=NCC2O. The second-order valence-electron chi connectivity index (χ2n) is 4.98. The number of aliphatic imine (C=N–C) groups is 1. The lowest BCUT2D eigenvalue weighted by Crippen LogP contribution is -2.12. The van der Waals surface area contributed by atoms with E-state index in [1.807, 2.05) is 0 Å². The fraction of sp³-hybridized carbons (Fsp3) is 0.267. The Hall–Kier alpha value is -2.87. The lowest BCUT2D eigenvalue weighted by atomic mass is 10.2. The van der Waals surface area contributed by atoms with E-state index in [9.17, 15) is 9.90 Å². The molecule has 0 spiro atoms. The first-order chi connectivity index (χ1) is 11.2. The lowest BCUT2D eigenvalue weighted by molar-refractivity contribution is 0.0692. The van der Waals surface area contributed by atoms with Crippen LogP contribution < -0.4 is 10.1 Å². The predicted molar refractivity (Wildman–Crippen MR) is 83.1 cm³/mol. The Balaban J connectivity index is 1.69. The number of carboxylic acid groups (broad SMARTS) is 1. The number of aromatic carboxylic acids is 1. The second-order valence-corrected chi connectivity index (χ2v) is 4.98. The quantitative estimate of drug-likeness (QED) is 0.763. The highest BCUT2D eigenvalue weighted by atomic mass is 16.5. The van der Waals surface area contributed by atoms with E-state index < -0.39 is 12.1 Å². The minimum absolute atomic E-state index is 0.123. The molecule has 1 aromatic heterocycles. The normalized spacial score (nSPS) is 16.3. The van der Waals surface area contributed by atoms with Gasteiger partial charge in [0.25, 0.3) is 0 Å². The Labute approximate surface area is 132 Å². The van der Waals surface area contributed by atoms with E-state index in [2.05, 4.69) is 15.3 Å². The molecule has 3 rings (SSSR count). The van der Waals surface area contributed by atoms with Gasteiger partial charge in [-0.05, 0) is 12.1 Å². The van der Waals surface area contributed by atoms with Crippen molar-refractivity contribution in [1.82, 2.24) is 9.55 Å². The number of nitrogens with one attached hydrogen (secondary N) is 1. The van der Waals surface area contributed by atoms with Gasteiger partial charge in [-0.25, -0.2) is 9.78 Å². The summed E-state index contributed by atoms with van der Waals surface area (Å²) in [5, 5.41) is 22.0. The van der Waals surface area contributed by atoms with Crippen molar-refractivity contribution in [3.63, 3.8) is 0 Å². The van der Waals surface area contributed by atoms with Crippen molar-refractivity contribution in [1.29, 1.82) is 0 Å². The van der Waals surface area contributed by atoms with Crippen LogP contribution in [0.5, 0.6) is 5.75 Å². The molecule has 1 aliphatic heterocycles. The number of benzene rings is 1. The van der Waals surface area contributed by atoms with Gasteiger partial charge in [0.1, 0.15) is 35.5 Å². The third-order valence-corrected chi connectivity index (χ3v) is 3.46. The van der Waals surface area contributed by atoms with Gasteiger partial charge in [0.2, 0.25) is 0 Å². The zero-order valence-electron chi connectivity index (χ0n) is 12.2. The molecule has 0 saturated heterocycles. The molecule has 0 radical (unpaired) electrons. The van der Waals surface area contributed by atoms with Crippen LogP contribution in [-0.2, 0) is 6.54 Å². The van der Waals surface area contributed by atoms with Crippen LogP contribution in [-0.4, -0.2) is 45.2 Å². The molecule has 23 heavy (non-hydrogen) atoms. The lowest BCUT2D eigenvalue weighted by Gasteiger charge is -2.12. The first-order valence-corrected chi connectivity index (χ1v) is 7.10. The van der Waals surface area contributed by atoms with Gasteiger partial charge in [-0.1, -0.05) is 12.1 Å². The molecular weight excluding hydrogens is 300 g/mol. The van der Waals surface area contributed by atoms with Crippen molar-refractivity contribution >= 4 is 18.1 Å². The van der Waals surface area contributed by atoms with Crippen molar-refractivity contribution < 1.29 is 19.7 Å². The molecular formula is C15H16N4O4. The fourth-order valence-corrected chi connectivity index (χ4v) is 2.34. The smallest absolute Gasteiger partial charge is 0.339 e. The van der Waals surface area contributed by atoms with Crippen LogP contribution in [0.3, 0.4) is 0 Å². The van der Waals surface area contributed by atoms with E-state index >= 15 is 0 Å². The summed E-state index contributed by atoms with van der Waals surface area (Å²) in [5.74, 6) is -0.0484. The van der Waals surface area contributed by atoms with Crippen LogP contribution >= 0.6 is 0 Å². The van der Waals surface area contributed by atoms with Gasteiger partial charge in [0.05, 0.1) is 25.8 Å². The summed E-state index contributed by atoms with van der Waals surface area (Å²) < 4.78 is 7.36. The van der Waals surface area contributed by atoms with Crippen molar-refractivity contribution in [2.75, 3.05) is 18.5 Å². The number of aliphatic hydroxyl groups excluding tert-OH is 1. The number of hydrogen-bond donors (Lipinski definition) is 3. The molecule has 1 unspecified atom stereocenters. The van der Waals surface area contributed by atoms with E-state index in [1.165, 1.54) is 12.4 Å². The summed E-state index contributed by atoms with van der Waals surface area (Å²) in [5.41, 5.74) is 0.658. The maximum atomic E-state index is 11.1. The zero-order valence-corrected chi connectivity index (χ0v) is 12.2. The van der Waals surface area contributed by atoms with Crippen LogP contribution in [0.4, 0.5) is 5.82 Å². The van der Waals surface area contributed by atoms with Crippen LogP contribution in [0.2, 0.25) is 0 Å². The monoisotopic (exact) mass is 316 g/mol. The molecule has 8 nitrogen and oxygen atoms in total. The Morgan fingerprint density at radius 3 is 3.09 bits per heavy atom. The molecule has 8 heteroatoms. The molecule has 0 fully saturated rings. The van der Waals surface area contributed by atoms with Crippen LogP contribution in [0, 0.1) is 0 Å². The Kier molecular flexibility index (Phi) is 4.24. The Morgan fingerprint density at radius 2 is 2.26 bits per heavy atom. The third-order valence-electron chi connectivity index (χ3n) is 3.46. The molecule has 1 aromatic carbocycles. The zero-order chi connectivity index (χ0) is 16.2. The van der Waals surface area contributed by atoms with Gasteiger partial charge in [-0.3, -0.25) is 4.99 Å². The van der Waals surface area contributed by atoms with E-state index in [1.54, 1.807) is 29.1 Å². The molecule has 120 valence electrons. The van der Waals surface area contributed by atoms with Crippen LogP contribution in [0.1, 0.15) is 22.2 Å². The van der Waals surface area contributed by atoms with Gasteiger partial charge >= 0.3 is 5.97 Å². The molecule has 3 N–H and O–H groups in total. The second kappa shape index (κ2) is 6.49. The van der Waals surface area contributed by atoms with E-state index in [-0.39, 0.29) is 18.7 Å². The largest absolute Gasteiger partial charge is 0.491 e. The number of ether oxygens (including phenoxy) is 1. The minimum Gasteiger partial charge on any atom is -0.491 e. The van der Waals surface area contributed by atoms with E-state index in [0.717, 1.165) is 0 Å². The van der Waals surface area contributed by atoms with Gasteiger partial charge < -0.3 is 24.8 Å². The van der Waals surface area contributed by atoms with Crippen molar-refractivity contribution in [3.05, 3.63) is 41.9 Å². The van der Waals surface area contributed by atoms with Gasteiger partial charge in [0.15, 0.2) is 0 Å². The van der Waals surface area contributed by atoms with Crippen molar-refractivity contribution in [2.24, 2.45) is 4.99 Å². The number of imidazole rings is 1. The first-order valence-electron chi connectivity index (χ1n) is 7.10. The molecule has 1 aliphatic rings. The maximum Gasteiger partial charge on any atom is 0.339 e. The highest BCUT2D eigenvalue weighted by molar-refractivity contribution is 5.90. The number of carboxylic acids is 1. The number of hydrogen-bond acceptors (Lipinski definition) is 6. The number of carbonyl (C=O) groups is 1. The van der Waals surface area contributed by atoms with Crippen molar-refractivity contribution in [2.45, 2.75) is 12.6 Å². The number of para-hydroxylation sites is 1. The summed E-state index contributed by atoms with van der Waals surface area (Å²) >= 11 is 0. The van der Waals surface area contributed by atoms with Gasteiger partial charge in [-0.15, -0.1) is 0 Å². The molecule has 2 aromatic rings. The summed E-state index contributed by atoms with van der Waals surface area (Å²) in [6.45, 7) is 0.978. The highest BCUT2D eigenvalue weighted by Gasteiger charge is 2.20. The van der Waals surface area contributed by atoms with E-state index in [4.69, 9.17) is 9.84 Å². The van der Waals surface area contributed by atoms with Gasteiger partial charge in [0, 0.05) is 0 Å². The predicted octanol–water partition coefficient (Wildman–Crippen LogP) is 1.15. The molecule has 2 heterocycles. The minimum atomic E-state index is -1.03. The number of aliphatic hydroxyl groups is 1. The topological polar surface area (TPSA) is 109 Å². The summed E-state index contributed by atoms with van der Waals surface area (Å²) in [6.07, 6.45) is 2.38. The molecule has 0 aliphatic carbocycles. The third kappa shape index (κ3) is 3.16. The first kappa shape index (κ1) is 15.0. The molecule has 0 amide bonds. The number of fused-ring (bicyclic) bond motifs is 1. The number of aromatic nitrogens is 2. The molecule has 0 saturated carbocycles. The standard InChI is InChI=1S/C15H16N4O4/c20-11-7-16-8-17-14-13(11)18-9-19(14)5-6-23-12-4-2-1-3-10(12)15(21)22/h1-4,8-9,11,20H,5-7H2,(H,16,17)(H,21,22). The van der Waals surface area contributed by atoms with Crippen LogP contribution in [0.15, 0.2) is 35.6 Å². The van der Waals surface area contributed by atoms with E-state index in [0.29, 0.717) is 23.8 Å². The molecule has 1 atom stereocenters. The molecule has 0 bridgehead atoms. The summed E-state index contributed by atoms with van der Waals surface area (Å²) in [6, 6.07) is 6.48. The van der Waals surface area contributed by atoms with Gasteiger partial charge in [-0.2, -0.15) is 0 Å². The van der Waals surface area contributed by atoms with Crippen molar-refractivity contribution in [3.8, 4) is 5.75 Å². The number of rotatable bonds is 5. The fourth-order valence-electron chi connectivity index (χ4n) is 2.34. The maximum absolute atomic E-state index is 11.1. The number of nitrogens with zero attached hydrogens (tertiary/aromatic N) is 3. The average molecular weight is 316 g/mol. The summed E-state index contributed by atoms with van der Waals surface area (Å²) in [4.78, 5) is 19.3. The Bertz CT molecular complexity index is 741. The number of anilines is 1. The highest BCUT2D eigenvalue weighted by Crippen LogP contribution is 2.24. The Morgan fingerprint density at radius 1 is 1.43 bits per heavy atom. The average Bonchev–Trinajstić information content (AvgIpc) is 2.85. The van der Waals surface area contributed by atoms with Crippen LogP contribution in [0.25, 0.3) is 0 Å².